The monoisotopic (exact) mass is 161 g/mol. The molecule has 0 saturated heterocycles. The van der Waals surface area contributed by atoms with Crippen LogP contribution in [0.4, 0.5) is 0 Å². The Hall–Kier alpha value is -0.610. The molecule has 66 valence electrons. The highest BCUT2D eigenvalue weighted by Crippen LogP contribution is 1.85. The van der Waals surface area contributed by atoms with Gasteiger partial charge in [0, 0.05) is 0 Å². The van der Waals surface area contributed by atoms with E-state index < -0.39 is 0 Å². The summed E-state index contributed by atoms with van der Waals surface area (Å²) in [5.41, 5.74) is 3.12. The Labute approximate surface area is 67.7 Å². The van der Waals surface area contributed by atoms with E-state index in [9.17, 15) is 4.79 Å². The summed E-state index contributed by atoms with van der Waals surface area (Å²) in [5.74, 6) is -0.175. The number of hydrogen-bond acceptors (Lipinski definition) is 3. The van der Waals surface area contributed by atoms with Gasteiger partial charge in [0.05, 0.1) is 41.2 Å². The van der Waals surface area contributed by atoms with Crippen molar-refractivity contribution in [2.45, 2.75) is 6.42 Å². The van der Waals surface area contributed by atoms with Crippen LogP contribution in [0.2, 0.25) is 0 Å². The number of carbonyl (C=O) groups is 1. The predicted molar refractivity (Wildman–Crippen MR) is 42.7 cm³/mol. The molecular weight excluding hydrogens is 144 g/mol. The fraction of sp³-hybridized carbons (Fsp3) is 0.857. The van der Waals surface area contributed by atoms with Crippen LogP contribution in [-0.4, -0.2) is 45.4 Å². The second-order valence-electron chi connectivity index (χ2n) is 3.25. The van der Waals surface area contributed by atoms with Gasteiger partial charge in [-0.05, 0) is 0 Å². The number of nitrogens with zero attached hydrogens (tertiary/aromatic N) is 1. The van der Waals surface area contributed by atoms with Crippen LogP contribution in [0.3, 0.4) is 0 Å². The van der Waals surface area contributed by atoms with Gasteiger partial charge in [-0.15, -0.1) is 0 Å². The molecule has 4 heteroatoms. The molecule has 0 spiro atoms. The molecule has 0 saturated carbocycles. The highest BCUT2D eigenvalue weighted by Gasteiger charge is 2.07. The van der Waals surface area contributed by atoms with E-state index in [1.165, 1.54) is 7.11 Å². The Morgan fingerprint density at radius 1 is 1.45 bits per heavy atom. The third-order valence-electron chi connectivity index (χ3n) is 1.14. The Morgan fingerprint density at radius 2 is 2.00 bits per heavy atom. The lowest BCUT2D eigenvalue weighted by atomic mass is 10.4. The summed E-state index contributed by atoms with van der Waals surface area (Å²) >= 11 is 0. The highest BCUT2D eigenvalue weighted by atomic mass is 16.5. The van der Waals surface area contributed by atoms with Crippen molar-refractivity contribution in [3.63, 3.8) is 0 Å². The predicted octanol–water partition coefficient (Wildman–Crippen LogP) is -0.240. The number of ether oxygens (including phenoxy) is 1. The third-order valence-corrected chi connectivity index (χ3v) is 1.14. The number of esters is 1. The molecule has 0 aliphatic carbocycles. The molecule has 1 N–H and O–H groups in total. The average molecular weight is 161 g/mol. The number of carbonyl (C=O) groups excluding carboxylic acids is 1. The molecule has 0 aromatic carbocycles. The van der Waals surface area contributed by atoms with Crippen LogP contribution in [0.5, 0.6) is 0 Å². The summed E-state index contributed by atoms with van der Waals surface area (Å²) < 4.78 is 5.13. The fourth-order valence-electron chi connectivity index (χ4n) is 0.595. The molecule has 0 amide bonds. The second-order valence-corrected chi connectivity index (χ2v) is 3.25. The van der Waals surface area contributed by atoms with Crippen LogP contribution in [0.1, 0.15) is 6.42 Å². The van der Waals surface area contributed by atoms with E-state index in [1.807, 2.05) is 21.1 Å². The normalized spacial score (nSPS) is 11.3. The Balaban J connectivity index is 3.35. The highest BCUT2D eigenvalue weighted by molar-refractivity contribution is 5.69. The van der Waals surface area contributed by atoms with Crippen LogP contribution in [0, 0.1) is 0 Å². The van der Waals surface area contributed by atoms with Gasteiger partial charge in [0.15, 0.2) is 0 Å². The van der Waals surface area contributed by atoms with Gasteiger partial charge < -0.3 is 4.74 Å². The minimum Gasteiger partial charge on any atom is -0.469 e. The Bertz CT molecular complexity index is 129. The average Bonchev–Trinajstić information content (AvgIpc) is 1.85. The van der Waals surface area contributed by atoms with E-state index in [4.69, 9.17) is 0 Å². The zero-order valence-electron chi connectivity index (χ0n) is 7.68. The Morgan fingerprint density at radius 3 is 2.36 bits per heavy atom. The molecule has 11 heavy (non-hydrogen) atoms. The quantitative estimate of drug-likeness (QED) is 0.351. The molecule has 0 radical (unpaired) electrons. The van der Waals surface area contributed by atoms with Crippen molar-refractivity contribution in [2.24, 2.45) is 0 Å². The smallest absolute Gasteiger partial charge is 0.307 e. The standard InChI is InChI=1S/C7H17N2O2/c1-9(2,3)8-6-5-7(10)11-4/h8H,5-6H2,1-4H3/q+1. The molecule has 0 aromatic rings. The van der Waals surface area contributed by atoms with Crippen LogP contribution >= 0.6 is 0 Å². The zero-order valence-corrected chi connectivity index (χ0v) is 7.68. The van der Waals surface area contributed by atoms with E-state index in [-0.39, 0.29) is 5.97 Å². The molecule has 0 bridgehead atoms. The topological polar surface area (TPSA) is 38.3 Å². The summed E-state index contributed by atoms with van der Waals surface area (Å²) in [6.45, 7) is 0.649. The summed E-state index contributed by atoms with van der Waals surface area (Å²) in [6, 6.07) is 0. The van der Waals surface area contributed by atoms with E-state index in [0.717, 1.165) is 0 Å². The maximum Gasteiger partial charge on any atom is 0.307 e. The van der Waals surface area contributed by atoms with Crippen molar-refractivity contribution >= 4 is 5.97 Å². The van der Waals surface area contributed by atoms with Crippen molar-refractivity contribution in [1.29, 1.82) is 0 Å². The summed E-state index contributed by atoms with van der Waals surface area (Å²) in [4.78, 5) is 10.6. The van der Waals surface area contributed by atoms with Crippen LogP contribution in [0.25, 0.3) is 0 Å². The molecule has 0 aliphatic heterocycles. The first-order valence-electron chi connectivity index (χ1n) is 3.59. The van der Waals surface area contributed by atoms with E-state index in [1.54, 1.807) is 0 Å². The second kappa shape index (κ2) is 4.31. The molecule has 0 aromatic heterocycles. The van der Waals surface area contributed by atoms with Crippen LogP contribution in [0.15, 0.2) is 0 Å². The molecule has 0 atom stereocenters. The molecule has 0 rings (SSSR count). The molecule has 0 fully saturated rings. The molecule has 0 heterocycles. The maximum atomic E-state index is 10.6. The van der Waals surface area contributed by atoms with Crippen molar-refractivity contribution < 1.29 is 14.1 Å². The van der Waals surface area contributed by atoms with Gasteiger partial charge in [-0.2, -0.15) is 5.43 Å². The molecule has 0 unspecified atom stereocenters. The van der Waals surface area contributed by atoms with Gasteiger partial charge in [0.25, 0.3) is 0 Å². The summed E-state index contributed by atoms with van der Waals surface area (Å²) in [6.07, 6.45) is 0.423. The molecule has 0 aliphatic rings. The van der Waals surface area contributed by atoms with E-state index >= 15 is 0 Å². The van der Waals surface area contributed by atoms with Crippen molar-refractivity contribution in [1.82, 2.24) is 5.43 Å². The lowest BCUT2D eigenvalue weighted by molar-refractivity contribution is -0.915. The van der Waals surface area contributed by atoms with Crippen molar-refractivity contribution in [2.75, 3.05) is 34.8 Å². The van der Waals surface area contributed by atoms with Crippen molar-refractivity contribution in [3.05, 3.63) is 0 Å². The SMILES string of the molecule is COC(=O)CCN[N+](C)(C)C. The van der Waals surface area contributed by atoms with Gasteiger partial charge in [-0.25, -0.2) is 0 Å². The maximum absolute atomic E-state index is 10.6. The number of quaternary nitrogens is 1. The minimum absolute atomic E-state index is 0.175. The first kappa shape index (κ1) is 10.4. The van der Waals surface area contributed by atoms with Crippen molar-refractivity contribution in [3.8, 4) is 0 Å². The van der Waals surface area contributed by atoms with Crippen LogP contribution < -0.4 is 5.43 Å². The molecular formula is C7H17N2O2+. The largest absolute Gasteiger partial charge is 0.469 e. The van der Waals surface area contributed by atoms with Gasteiger partial charge >= 0.3 is 5.97 Å². The first-order chi connectivity index (χ1) is 4.95. The number of rotatable bonds is 4. The fourth-order valence-corrected chi connectivity index (χ4v) is 0.595. The minimum atomic E-state index is -0.175. The first-order valence-corrected chi connectivity index (χ1v) is 3.59. The summed E-state index contributed by atoms with van der Waals surface area (Å²) in [5, 5.41) is 0. The molecule has 4 nitrogen and oxygen atoms in total. The summed E-state index contributed by atoms with van der Waals surface area (Å²) in [7, 11) is 7.39. The third kappa shape index (κ3) is 7.29. The van der Waals surface area contributed by atoms with Crippen LogP contribution in [-0.2, 0) is 9.53 Å². The number of hydrogen-bond donors (Lipinski definition) is 1. The van der Waals surface area contributed by atoms with Gasteiger partial charge in [0.1, 0.15) is 0 Å². The number of nitrogens with one attached hydrogen (secondary N) is 1. The van der Waals surface area contributed by atoms with Gasteiger partial charge in [-0.3, -0.25) is 9.39 Å². The lowest BCUT2D eigenvalue weighted by Crippen LogP contribution is -2.48. The van der Waals surface area contributed by atoms with Gasteiger partial charge in [0.2, 0.25) is 0 Å². The Kier molecular flexibility index (Phi) is 4.07. The number of methoxy groups -OCH3 is 1. The van der Waals surface area contributed by atoms with Gasteiger partial charge in [-0.1, -0.05) is 0 Å². The lowest BCUT2D eigenvalue weighted by Gasteiger charge is -2.23. The van der Waals surface area contributed by atoms with E-state index in [0.29, 0.717) is 17.6 Å². The van der Waals surface area contributed by atoms with E-state index in [2.05, 4.69) is 10.2 Å². The zero-order chi connectivity index (χ0) is 8.91.